The predicted molar refractivity (Wildman–Crippen MR) is 83.7 cm³/mol. The van der Waals surface area contributed by atoms with Crippen molar-refractivity contribution in [2.45, 2.75) is 39.9 Å². The first kappa shape index (κ1) is 18.0. The van der Waals surface area contributed by atoms with Crippen LogP contribution in [0.4, 0.5) is 18.2 Å². The van der Waals surface area contributed by atoms with Crippen LogP contribution in [0.25, 0.3) is 0 Å². The van der Waals surface area contributed by atoms with Gasteiger partial charge in [-0.05, 0) is 31.9 Å². The standard InChI is InChI=1S/C15H15F3N4OS/c1-4-10-9(3)24-14(11(10)6-19)20-13(23)7-22-8(2)5-12(21-22)15(16,17)18/h5H,4,7H2,1-3H3,(H,20,23). The Bertz CT molecular complexity index is 814. The summed E-state index contributed by atoms with van der Waals surface area (Å²) in [7, 11) is 0. The van der Waals surface area contributed by atoms with Crippen molar-refractivity contribution in [3.05, 3.63) is 33.5 Å². The van der Waals surface area contributed by atoms with E-state index in [0.29, 0.717) is 17.0 Å². The van der Waals surface area contributed by atoms with Crippen LogP contribution in [0, 0.1) is 25.2 Å². The lowest BCUT2D eigenvalue weighted by molar-refractivity contribution is -0.141. The van der Waals surface area contributed by atoms with E-state index in [-0.39, 0.29) is 12.2 Å². The molecular weight excluding hydrogens is 341 g/mol. The molecule has 24 heavy (non-hydrogen) atoms. The Morgan fingerprint density at radius 2 is 2.12 bits per heavy atom. The number of aromatic nitrogens is 2. The summed E-state index contributed by atoms with van der Waals surface area (Å²) in [6.07, 6.45) is -3.89. The largest absolute Gasteiger partial charge is 0.435 e. The van der Waals surface area contributed by atoms with Crippen LogP contribution >= 0.6 is 11.3 Å². The Kier molecular flexibility index (Phi) is 4.99. The molecule has 0 spiro atoms. The summed E-state index contributed by atoms with van der Waals surface area (Å²) in [4.78, 5) is 13.0. The van der Waals surface area contributed by atoms with Gasteiger partial charge in [0.05, 0.1) is 5.56 Å². The van der Waals surface area contributed by atoms with Crippen molar-refractivity contribution in [2.24, 2.45) is 0 Å². The minimum atomic E-state index is -4.55. The van der Waals surface area contributed by atoms with Gasteiger partial charge in [-0.2, -0.15) is 23.5 Å². The van der Waals surface area contributed by atoms with E-state index in [0.717, 1.165) is 21.2 Å². The smallest absolute Gasteiger partial charge is 0.315 e. The van der Waals surface area contributed by atoms with Crippen LogP contribution in [0.1, 0.15) is 34.3 Å². The lowest BCUT2D eigenvalue weighted by Crippen LogP contribution is -2.20. The van der Waals surface area contributed by atoms with Gasteiger partial charge in [0.2, 0.25) is 5.91 Å². The van der Waals surface area contributed by atoms with Crippen LogP contribution < -0.4 is 5.32 Å². The third kappa shape index (κ3) is 3.59. The molecule has 0 aromatic carbocycles. The number of nitrogens with one attached hydrogen (secondary N) is 1. The molecule has 2 heterocycles. The minimum absolute atomic E-state index is 0.231. The van der Waals surface area contributed by atoms with E-state index < -0.39 is 17.8 Å². The number of hydrogen-bond acceptors (Lipinski definition) is 4. The highest BCUT2D eigenvalue weighted by Gasteiger charge is 2.34. The van der Waals surface area contributed by atoms with Crippen molar-refractivity contribution in [1.29, 1.82) is 5.26 Å². The zero-order valence-corrected chi connectivity index (χ0v) is 14.1. The monoisotopic (exact) mass is 356 g/mol. The molecule has 0 radical (unpaired) electrons. The zero-order chi connectivity index (χ0) is 18.1. The first-order chi connectivity index (χ1) is 11.2. The van der Waals surface area contributed by atoms with E-state index in [4.69, 9.17) is 0 Å². The molecule has 2 rings (SSSR count). The topological polar surface area (TPSA) is 70.7 Å². The normalized spacial score (nSPS) is 11.4. The van der Waals surface area contributed by atoms with Gasteiger partial charge in [0, 0.05) is 10.6 Å². The number of halogens is 3. The molecule has 2 aromatic rings. The first-order valence-corrected chi connectivity index (χ1v) is 7.92. The molecule has 128 valence electrons. The summed E-state index contributed by atoms with van der Waals surface area (Å²) >= 11 is 1.28. The lowest BCUT2D eigenvalue weighted by Gasteiger charge is -2.06. The van der Waals surface area contributed by atoms with Crippen molar-refractivity contribution >= 4 is 22.2 Å². The molecule has 5 nitrogen and oxygen atoms in total. The second kappa shape index (κ2) is 6.65. The van der Waals surface area contributed by atoms with Crippen molar-refractivity contribution in [2.75, 3.05) is 5.32 Å². The fourth-order valence-electron chi connectivity index (χ4n) is 2.32. The van der Waals surface area contributed by atoms with Crippen LogP contribution in [-0.4, -0.2) is 15.7 Å². The number of carbonyl (C=O) groups excluding carboxylic acids is 1. The van der Waals surface area contributed by atoms with Gasteiger partial charge in [0.15, 0.2) is 5.69 Å². The van der Waals surface area contributed by atoms with E-state index >= 15 is 0 Å². The highest BCUT2D eigenvalue weighted by molar-refractivity contribution is 7.16. The maximum absolute atomic E-state index is 12.6. The number of amides is 1. The number of thiophene rings is 1. The summed E-state index contributed by atoms with van der Waals surface area (Å²) in [5.41, 5.74) is 0.467. The lowest BCUT2D eigenvalue weighted by atomic mass is 10.1. The number of anilines is 1. The zero-order valence-electron chi connectivity index (χ0n) is 13.3. The van der Waals surface area contributed by atoms with Gasteiger partial charge in [-0.25, -0.2) is 0 Å². The van der Waals surface area contributed by atoms with Crippen LogP contribution in [0.15, 0.2) is 6.07 Å². The SMILES string of the molecule is CCc1c(C)sc(NC(=O)Cn2nc(C(F)(F)F)cc2C)c1C#N. The fraction of sp³-hybridized carbons (Fsp3) is 0.400. The molecule has 0 aliphatic heterocycles. The van der Waals surface area contributed by atoms with E-state index in [1.54, 1.807) is 0 Å². The van der Waals surface area contributed by atoms with E-state index in [1.807, 2.05) is 13.8 Å². The van der Waals surface area contributed by atoms with Crippen molar-refractivity contribution in [1.82, 2.24) is 9.78 Å². The Labute approximate surface area is 140 Å². The van der Waals surface area contributed by atoms with Gasteiger partial charge in [-0.1, -0.05) is 6.92 Å². The molecule has 0 bridgehead atoms. The van der Waals surface area contributed by atoms with Gasteiger partial charge in [-0.3, -0.25) is 9.48 Å². The quantitative estimate of drug-likeness (QED) is 0.909. The number of carbonyl (C=O) groups is 1. The maximum atomic E-state index is 12.6. The molecule has 0 saturated heterocycles. The van der Waals surface area contributed by atoms with Crippen molar-refractivity contribution in [3.8, 4) is 6.07 Å². The predicted octanol–water partition coefficient (Wildman–Crippen LogP) is 3.65. The Morgan fingerprint density at radius 3 is 2.62 bits per heavy atom. The van der Waals surface area contributed by atoms with Gasteiger partial charge < -0.3 is 5.32 Å². The molecular formula is C15H15F3N4OS. The molecule has 0 aliphatic rings. The number of aryl methyl sites for hydroxylation is 2. The summed E-state index contributed by atoms with van der Waals surface area (Å²) in [6.45, 7) is 4.85. The summed E-state index contributed by atoms with van der Waals surface area (Å²) < 4.78 is 38.9. The number of nitriles is 1. The molecule has 9 heteroatoms. The highest BCUT2D eigenvalue weighted by atomic mass is 32.1. The molecule has 2 aromatic heterocycles. The Hall–Kier alpha value is -2.34. The first-order valence-electron chi connectivity index (χ1n) is 7.11. The van der Waals surface area contributed by atoms with E-state index in [2.05, 4.69) is 16.5 Å². The summed E-state index contributed by atoms with van der Waals surface area (Å²) in [5.74, 6) is -0.532. The third-order valence-electron chi connectivity index (χ3n) is 3.49. The Morgan fingerprint density at radius 1 is 1.46 bits per heavy atom. The van der Waals surface area contributed by atoms with Crippen LogP contribution in [0.2, 0.25) is 0 Å². The molecule has 0 saturated carbocycles. The molecule has 0 fully saturated rings. The molecule has 0 aliphatic carbocycles. The van der Waals surface area contributed by atoms with Gasteiger partial charge in [0.1, 0.15) is 17.6 Å². The van der Waals surface area contributed by atoms with Crippen LogP contribution in [-0.2, 0) is 23.9 Å². The van der Waals surface area contributed by atoms with E-state index in [9.17, 15) is 23.2 Å². The fourth-order valence-corrected chi connectivity index (χ4v) is 3.43. The second-order valence-electron chi connectivity index (χ2n) is 5.18. The minimum Gasteiger partial charge on any atom is -0.315 e. The van der Waals surface area contributed by atoms with Crippen LogP contribution in [0.3, 0.4) is 0 Å². The van der Waals surface area contributed by atoms with Gasteiger partial charge in [0.25, 0.3) is 0 Å². The number of rotatable bonds is 4. The van der Waals surface area contributed by atoms with Crippen LogP contribution in [0.5, 0.6) is 0 Å². The maximum Gasteiger partial charge on any atom is 0.435 e. The average molecular weight is 356 g/mol. The number of alkyl halides is 3. The third-order valence-corrected chi connectivity index (χ3v) is 4.56. The molecule has 1 amide bonds. The summed E-state index contributed by atoms with van der Waals surface area (Å²) in [5, 5.41) is 15.7. The van der Waals surface area contributed by atoms with Crippen molar-refractivity contribution in [3.63, 3.8) is 0 Å². The van der Waals surface area contributed by atoms with Gasteiger partial charge in [-0.15, -0.1) is 11.3 Å². The highest BCUT2D eigenvalue weighted by Crippen LogP contribution is 2.33. The number of hydrogen-bond donors (Lipinski definition) is 1. The molecule has 0 atom stereocenters. The van der Waals surface area contributed by atoms with E-state index in [1.165, 1.54) is 18.3 Å². The van der Waals surface area contributed by atoms with Gasteiger partial charge >= 0.3 is 6.18 Å². The van der Waals surface area contributed by atoms with Crippen molar-refractivity contribution < 1.29 is 18.0 Å². The molecule has 1 N–H and O–H groups in total. The second-order valence-corrected chi connectivity index (χ2v) is 6.41. The summed E-state index contributed by atoms with van der Waals surface area (Å²) in [6, 6.07) is 2.95. The Balaban J connectivity index is 2.18. The molecule has 0 unspecified atom stereocenters. The number of nitrogens with zero attached hydrogens (tertiary/aromatic N) is 3. The average Bonchev–Trinajstić information content (AvgIpc) is 2.98.